The average molecular weight is 1380 g/mol. The summed E-state index contributed by atoms with van der Waals surface area (Å²) in [7, 11) is 0. The number of benzene rings is 4. The van der Waals surface area contributed by atoms with Crippen molar-refractivity contribution >= 4 is 23.9 Å². The lowest BCUT2D eigenvalue weighted by Crippen LogP contribution is -2.22. The standard InChI is InChI=1S/C90H138O10/c1-5-9-13-17-21-25-29-33-37-41-45-49-53-57-85(91)95-73-61-65-77-81(69-73)99-82-70-74(96-86(92)58-54-50-46-42-38-34-30-26-22-18-14-10-6-2)62-66-78(82)89(77)90-79-67-63-75(97-87(93)59-55-51-47-43-39-35-31-27-23-19-15-11-7-3)71-83(79)100-84-72-76(64-68-80(84)90)98-88(94)60-56-52-48-44-40-36-32-28-24-20-16-12-8-4/h61-72,89-90H,5-60H2,1-4H3. The van der Waals surface area contributed by atoms with Crippen molar-refractivity contribution in [2.24, 2.45) is 0 Å². The summed E-state index contributed by atoms with van der Waals surface area (Å²) < 4.78 is 38.0. The molecule has 558 valence electrons. The van der Waals surface area contributed by atoms with Crippen LogP contribution in [0, 0.1) is 0 Å². The second-order valence-electron chi connectivity index (χ2n) is 29.8. The SMILES string of the molecule is CCCCCCCCCCCCCCCC(=O)Oc1ccc2c(c1)Oc1cc(OC(=O)CCCCCCCCCCCCCCC)ccc1C2C1c2ccc(OC(=O)CCCCCCCCCCCCCCC)cc2Oc2cc(OC(=O)CCCCCCCCCCCCCCC)ccc21. The Labute approximate surface area is 608 Å². The van der Waals surface area contributed by atoms with Gasteiger partial charge in [-0.05, 0) is 49.9 Å². The van der Waals surface area contributed by atoms with E-state index in [1.54, 1.807) is 24.3 Å². The normalized spacial score (nSPS) is 12.5. The first-order chi connectivity index (χ1) is 49.2. The van der Waals surface area contributed by atoms with E-state index < -0.39 is 11.8 Å². The third kappa shape index (κ3) is 34.1. The van der Waals surface area contributed by atoms with E-state index in [1.807, 2.05) is 48.5 Å². The Morgan fingerprint density at radius 2 is 0.380 bits per heavy atom. The van der Waals surface area contributed by atoms with E-state index in [-0.39, 0.29) is 23.9 Å². The molecule has 6 rings (SSSR count). The summed E-state index contributed by atoms with van der Waals surface area (Å²) in [6.07, 6.45) is 65.3. The number of unbranched alkanes of at least 4 members (excludes halogenated alkanes) is 48. The largest absolute Gasteiger partial charge is 0.456 e. The molecule has 0 aromatic heterocycles. The molecule has 0 amide bonds. The summed E-state index contributed by atoms with van der Waals surface area (Å²) >= 11 is 0. The van der Waals surface area contributed by atoms with Crippen LogP contribution in [-0.2, 0) is 19.2 Å². The Balaban J connectivity index is 1.16. The van der Waals surface area contributed by atoms with Crippen molar-refractivity contribution in [2.75, 3.05) is 0 Å². The Bertz CT molecular complexity index is 2480. The molecule has 10 nitrogen and oxygen atoms in total. The van der Waals surface area contributed by atoms with Crippen LogP contribution in [-0.4, -0.2) is 23.9 Å². The van der Waals surface area contributed by atoms with Crippen molar-refractivity contribution in [2.45, 2.75) is 399 Å². The third-order valence-corrected chi connectivity index (χ3v) is 20.9. The maximum Gasteiger partial charge on any atom is 0.311 e. The zero-order valence-electron chi connectivity index (χ0n) is 63.8. The second kappa shape index (κ2) is 53.2. The topological polar surface area (TPSA) is 124 Å². The van der Waals surface area contributed by atoms with Gasteiger partial charge in [0.25, 0.3) is 0 Å². The molecule has 2 aliphatic heterocycles. The van der Waals surface area contributed by atoms with Crippen molar-refractivity contribution < 1.29 is 47.6 Å². The lowest BCUT2D eigenvalue weighted by atomic mass is 9.71. The molecule has 4 aromatic rings. The molecule has 0 spiro atoms. The zero-order chi connectivity index (χ0) is 70.7. The van der Waals surface area contributed by atoms with Crippen molar-refractivity contribution in [1.82, 2.24) is 0 Å². The van der Waals surface area contributed by atoms with Gasteiger partial charge < -0.3 is 28.4 Å². The van der Waals surface area contributed by atoms with Gasteiger partial charge in [0.05, 0.1) is 0 Å². The van der Waals surface area contributed by atoms with Crippen LogP contribution in [0.1, 0.15) is 421 Å². The van der Waals surface area contributed by atoms with Crippen LogP contribution in [0.4, 0.5) is 0 Å². The fraction of sp³-hybridized carbons (Fsp3) is 0.689. The van der Waals surface area contributed by atoms with Crippen molar-refractivity contribution in [3.05, 3.63) is 95.1 Å². The minimum absolute atomic E-state index is 0.275. The number of rotatable bonds is 61. The first kappa shape index (κ1) is 83.3. The van der Waals surface area contributed by atoms with Gasteiger partial charge in [-0.3, -0.25) is 19.2 Å². The highest BCUT2D eigenvalue weighted by Crippen LogP contribution is 2.59. The Kier molecular flexibility index (Phi) is 44.3. The van der Waals surface area contributed by atoms with Gasteiger partial charge in [-0.15, -0.1) is 0 Å². The molecule has 2 heterocycles. The van der Waals surface area contributed by atoms with Crippen molar-refractivity contribution in [3.63, 3.8) is 0 Å². The number of ether oxygens (including phenoxy) is 6. The van der Waals surface area contributed by atoms with Gasteiger partial charge in [0.15, 0.2) is 0 Å². The van der Waals surface area contributed by atoms with Gasteiger partial charge in [0.1, 0.15) is 46.0 Å². The highest BCUT2D eigenvalue weighted by molar-refractivity contribution is 5.76. The van der Waals surface area contributed by atoms with Crippen LogP contribution in [0.25, 0.3) is 0 Å². The quantitative estimate of drug-likeness (QED) is 0.0240. The summed E-state index contributed by atoms with van der Waals surface area (Å²) in [6.45, 7) is 9.07. The number of hydrogen-bond acceptors (Lipinski definition) is 10. The smallest absolute Gasteiger partial charge is 0.311 e. The molecule has 0 atom stereocenters. The molecular formula is C90H138O10. The minimum atomic E-state index is -0.404. The van der Waals surface area contributed by atoms with E-state index in [0.717, 1.165) is 99.3 Å². The van der Waals surface area contributed by atoms with E-state index in [4.69, 9.17) is 28.4 Å². The van der Waals surface area contributed by atoms with Crippen LogP contribution in [0.5, 0.6) is 46.0 Å². The van der Waals surface area contributed by atoms with Gasteiger partial charge in [-0.2, -0.15) is 0 Å². The highest BCUT2D eigenvalue weighted by Gasteiger charge is 2.41. The van der Waals surface area contributed by atoms with E-state index in [9.17, 15) is 19.2 Å². The Hall–Kier alpha value is -5.64. The molecule has 0 radical (unpaired) electrons. The Morgan fingerprint density at radius 3 is 0.540 bits per heavy atom. The minimum Gasteiger partial charge on any atom is -0.456 e. The predicted molar refractivity (Wildman–Crippen MR) is 413 cm³/mol. The van der Waals surface area contributed by atoms with E-state index in [2.05, 4.69) is 27.7 Å². The summed E-state index contributed by atoms with van der Waals surface area (Å²) in [5, 5.41) is 0. The predicted octanol–water partition coefficient (Wildman–Crippen LogP) is 28.4. The maximum atomic E-state index is 13.5. The van der Waals surface area contributed by atoms with Crippen molar-refractivity contribution in [1.29, 1.82) is 0 Å². The number of carbonyl (C=O) groups is 4. The molecule has 0 N–H and O–H groups in total. The van der Waals surface area contributed by atoms with Crippen LogP contribution in [0.3, 0.4) is 0 Å². The van der Waals surface area contributed by atoms with E-state index in [0.29, 0.717) is 71.7 Å². The van der Waals surface area contributed by atoms with Crippen LogP contribution in [0.15, 0.2) is 72.8 Å². The number of hydrogen-bond donors (Lipinski definition) is 0. The molecule has 0 saturated heterocycles. The first-order valence-electron chi connectivity index (χ1n) is 41.9. The van der Waals surface area contributed by atoms with Crippen LogP contribution >= 0.6 is 0 Å². The molecule has 0 aliphatic carbocycles. The average Bonchev–Trinajstić information content (AvgIpc) is 0.729. The number of fused-ring (bicyclic) bond motifs is 4. The Morgan fingerprint density at radius 1 is 0.230 bits per heavy atom. The monoisotopic (exact) mass is 1380 g/mol. The van der Waals surface area contributed by atoms with Crippen LogP contribution in [0.2, 0.25) is 0 Å². The lowest BCUT2D eigenvalue weighted by molar-refractivity contribution is -0.135. The van der Waals surface area contributed by atoms with Crippen LogP contribution < -0.4 is 28.4 Å². The molecule has 0 fully saturated rings. The summed E-state index contributed by atoms with van der Waals surface area (Å²) in [5.74, 6) is 1.74. The third-order valence-electron chi connectivity index (χ3n) is 20.9. The molecule has 10 heteroatoms. The van der Waals surface area contributed by atoms with E-state index in [1.165, 1.54) is 257 Å². The van der Waals surface area contributed by atoms with E-state index >= 15 is 0 Å². The first-order valence-corrected chi connectivity index (χ1v) is 41.9. The highest BCUT2D eigenvalue weighted by atomic mass is 16.6. The summed E-state index contributed by atoms with van der Waals surface area (Å²) in [5.41, 5.74) is 3.45. The van der Waals surface area contributed by atoms with Gasteiger partial charge in [0, 0.05) is 84.0 Å². The molecule has 2 aliphatic rings. The molecule has 0 unspecified atom stereocenters. The fourth-order valence-electron chi connectivity index (χ4n) is 14.9. The fourth-order valence-corrected chi connectivity index (χ4v) is 14.9. The number of esters is 4. The van der Waals surface area contributed by atoms with Gasteiger partial charge >= 0.3 is 23.9 Å². The van der Waals surface area contributed by atoms with Gasteiger partial charge in [-0.1, -0.05) is 360 Å². The summed E-state index contributed by atoms with van der Waals surface area (Å²) in [6, 6.07) is 22.6. The zero-order valence-corrected chi connectivity index (χ0v) is 63.8. The molecule has 0 bridgehead atoms. The second-order valence-corrected chi connectivity index (χ2v) is 29.8. The summed E-state index contributed by atoms with van der Waals surface area (Å²) in [4.78, 5) is 54.1. The molecule has 100 heavy (non-hydrogen) atoms. The number of carbonyl (C=O) groups excluding carboxylic acids is 4. The van der Waals surface area contributed by atoms with Gasteiger partial charge in [0.2, 0.25) is 0 Å². The van der Waals surface area contributed by atoms with Gasteiger partial charge in [-0.25, -0.2) is 0 Å². The maximum absolute atomic E-state index is 13.5. The molecule has 0 saturated carbocycles. The van der Waals surface area contributed by atoms with Crippen molar-refractivity contribution in [3.8, 4) is 46.0 Å². The molecule has 4 aromatic carbocycles. The molecular weight excluding hydrogens is 1240 g/mol. The lowest BCUT2D eigenvalue weighted by Gasteiger charge is -2.38.